The van der Waals surface area contributed by atoms with Gasteiger partial charge in [-0.2, -0.15) is 0 Å². The predicted molar refractivity (Wildman–Crippen MR) is 152 cm³/mol. The normalized spacial score (nSPS) is 12.0. The minimum atomic E-state index is -4.23. The third kappa shape index (κ3) is 6.69. The maximum atomic E-state index is 13.6. The standard InChI is InChI=1S/C29H35N3O6S/c1-8-24(38-25-13-12-17(2)14-19(25)4)28(34)30-23-11-9-10-18(3)27(23)39(36,37)31-21-15-20(5)26(33)22(16-21)29(35)32(6)7/h9-16,24,31,33H,8H2,1-7H3,(H,30,34). The molecule has 0 heterocycles. The lowest BCUT2D eigenvalue weighted by Gasteiger charge is -2.21. The number of anilines is 2. The molecule has 0 aliphatic carbocycles. The monoisotopic (exact) mass is 553 g/mol. The number of aromatic hydroxyl groups is 1. The molecule has 3 rings (SSSR count). The van der Waals surface area contributed by atoms with E-state index in [1.165, 1.54) is 37.2 Å². The van der Waals surface area contributed by atoms with E-state index in [-0.39, 0.29) is 27.6 Å². The molecule has 39 heavy (non-hydrogen) atoms. The Labute approximate surface area is 229 Å². The zero-order valence-electron chi connectivity index (χ0n) is 23.2. The lowest BCUT2D eigenvalue weighted by atomic mass is 10.1. The zero-order valence-corrected chi connectivity index (χ0v) is 24.1. The first kappa shape index (κ1) is 29.5. The second-order valence-corrected chi connectivity index (χ2v) is 11.3. The van der Waals surface area contributed by atoms with E-state index in [9.17, 15) is 23.1 Å². The van der Waals surface area contributed by atoms with Crippen LogP contribution >= 0.6 is 0 Å². The van der Waals surface area contributed by atoms with Crippen LogP contribution in [0.15, 0.2) is 53.4 Å². The van der Waals surface area contributed by atoms with Gasteiger partial charge in [-0.15, -0.1) is 0 Å². The molecule has 0 saturated heterocycles. The number of rotatable bonds is 9. The Hall–Kier alpha value is -4.05. The fourth-order valence-electron chi connectivity index (χ4n) is 4.18. The quantitative estimate of drug-likeness (QED) is 0.323. The highest BCUT2D eigenvalue weighted by atomic mass is 32.2. The Balaban J connectivity index is 1.93. The molecule has 1 unspecified atom stereocenters. The van der Waals surface area contributed by atoms with Crippen LogP contribution in [0.25, 0.3) is 0 Å². The van der Waals surface area contributed by atoms with Gasteiger partial charge in [-0.05, 0) is 75.1 Å². The second kappa shape index (κ2) is 11.8. The molecule has 0 spiro atoms. The molecule has 0 aliphatic rings. The predicted octanol–water partition coefficient (Wildman–Crippen LogP) is 4.92. The number of nitrogens with one attached hydrogen (secondary N) is 2. The van der Waals surface area contributed by atoms with Crippen LogP contribution in [0.4, 0.5) is 11.4 Å². The van der Waals surface area contributed by atoms with Gasteiger partial charge in [0.15, 0.2) is 6.10 Å². The number of hydrogen-bond acceptors (Lipinski definition) is 6. The van der Waals surface area contributed by atoms with Crippen LogP contribution in [0.3, 0.4) is 0 Å². The molecule has 0 radical (unpaired) electrons. The van der Waals surface area contributed by atoms with Crippen LogP contribution in [0.5, 0.6) is 11.5 Å². The number of phenolic OH excluding ortho intramolecular Hbond substituents is 1. The Morgan fingerprint density at radius 2 is 1.67 bits per heavy atom. The first-order valence-corrected chi connectivity index (χ1v) is 14.0. The number of benzene rings is 3. The Bertz CT molecular complexity index is 1520. The van der Waals surface area contributed by atoms with E-state index >= 15 is 0 Å². The molecule has 3 aromatic carbocycles. The van der Waals surface area contributed by atoms with E-state index in [4.69, 9.17) is 4.74 Å². The molecule has 0 aromatic heterocycles. The zero-order chi connectivity index (χ0) is 29.1. The molecule has 1 atom stereocenters. The van der Waals surface area contributed by atoms with Gasteiger partial charge in [0.25, 0.3) is 21.8 Å². The van der Waals surface area contributed by atoms with E-state index in [2.05, 4.69) is 10.0 Å². The molecule has 0 aliphatic heterocycles. The number of hydrogen-bond donors (Lipinski definition) is 3. The van der Waals surface area contributed by atoms with Crippen molar-refractivity contribution in [3.05, 3.63) is 76.3 Å². The van der Waals surface area contributed by atoms with Crippen LogP contribution in [0.2, 0.25) is 0 Å². The van der Waals surface area contributed by atoms with Gasteiger partial charge >= 0.3 is 0 Å². The van der Waals surface area contributed by atoms with Crippen molar-refractivity contribution in [1.29, 1.82) is 0 Å². The van der Waals surface area contributed by atoms with Crippen LogP contribution in [0.1, 0.15) is 46.0 Å². The molecule has 3 N–H and O–H groups in total. The summed E-state index contributed by atoms with van der Waals surface area (Å²) in [6, 6.07) is 13.1. The van der Waals surface area contributed by atoms with Gasteiger partial charge in [0.05, 0.1) is 16.9 Å². The second-order valence-electron chi connectivity index (χ2n) is 9.72. The highest BCUT2D eigenvalue weighted by Gasteiger charge is 2.27. The van der Waals surface area contributed by atoms with Crippen LogP contribution in [0, 0.1) is 27.7 Å². The van der Waals surface area contributed by atoms with Gasteiger partial charge in [0.1, 0.15) is 16.4 Å². The van der Waals surface area contributed by atoms with Crippen molar-refractivity contribution in [2.24, 2.45) is 0 Å². The number of amides is 2. The van der Waals surface area contributed by atoms with Crippen molar-refractivity contribution in [3.8, 4) is 11.5 Å². The average molecular weight is 554 g/mol. The molecule has 0 bridgehead atoms. The van der Waals surface area contributed by atoms with Crippen LogP contribution < -0.4 is 14.8 Å². The number of phenols is 1. The van der Waals surface area contributed by atoms with Crippen molar-refractivity contribution < 1.29 is 27.9 Å². The van der Waals surface area contributed by atoms with Crippen LogP contribution in [-0.2, 0) is 14.8 Å². The van der Waals surface area contributed by atoms with E-state index in [0.717, 1.165) is 11.1 Å². The van der Waals surface area contributed by atoms with Gasteiger partial charge in [0.2, 0.25) is 0 Å². The summed E-state index contributed by atoms with van der Waals surface area (Å²) in [5, 5.41) is 13.1. The highest BCUT2D eigenvalue weighted by molar-refractivity contribution is 7.93. The van der Waals surface area contributed by atoms with Crippen molar-refractivity contribution in [3.63, 3.8) is 0 Å². The van der Waals surface area contributed by atoms with Crippen molar-refractivity contribution >= 4 is 33.2 Å². The van der Waals surface area contributed by atoms with Gasteiger partial charge < -0.3 is 20.1 Å². The maximum absolute atomic E-state index is 13.6. The smallest absolute Gasteiger partial charge is 0.265 e. The summed E-state index contributed by atoms with van der Waals surface area (Å²) >= 11 is 0. The van der Waals surface area contributed by atoms with Crippen molar-refractivity contribution in [1.82, 2.24) is 4.90 Å². The highest BCUT2D eigenvalue weighted by Crippen LogP contribution is 2.32. The SMILES string of the molecule is CCC(Oc1ccc(C)cc1C)C(=O)Nc1cccc(C)c1S(=O)(=O)Nc1cc(C)c(O)c(C(=O)N(C)C)c1. The lowest BCUT2D eigenvalue weighted by Crippen LogP contribution is -2.33. The topological polar surface area (TPSA) is 125 Å². The first-order valence-electron chi connectivity index (χ1n) is 12.5. The third-order valence-corrected chi connectivity index (χ3v) is 7.77. The fraction of sp³-hybridized carbons (Fsp3) is 0.310. The number of sulfonamides is 1. The van der Waals surface area contributed by atoms with E-state index in [1.54, 1.807) is 26.0 Å². The minimum Gasteiger partial charge on any atom is -0.507 e. The molecule has 2 amide bonds. The van der Waals surface area contributed by atoms with Gasteiger partial charge in [-0.25, -0.2) is 8.42 Å². The van der Waals surface area contributed by atoms with E-state index in [1.807, 2.05) is 39.0 Å². The van der Waals surface area contributed by atoms with Crippen LogP contribution in [-0.4, -0.2) is 50.4 Å². The summed E-state index contributed by atoms with van der Waals surface area (Å²) in [6.45, 7) is 8.86. The summed E-state index contributed by atoms with van der Waals surface area (Å²) < 4.78 is 35.7. The Morgan fingerprint density at radius 3 is 2.28 bits per heavy atom. The molecular formula is C29H35N3O6S. The van der Waals surface area contributed by atoms with Gasteiger partial charge in [0, 0.05) is 14.1 Å². The number of ether oxygens (including phenoxy) is 1. The van der Waals surface area contributed by atoms with Gasteiger partial charge in [-0.1, -0.05) is 36.8 Å². The molecular weight excluding hydrogens is 518 g/mol. The molecule has 10 heteroatoms. The Morgan fingerprint density at radius 1 is 0.974 bits per heavy atom. The summed E-state index contributed by atoms with van der Waals surface area (Å²) in [5.41, 5.74) is 2.85. The molecule has 3 aromatic rings. The largest absolute Gasteiger partial charge is 0.507 e. The number of nitrogens with zero attached hydrogens (tertiary/aromatic N) is 1. The van der Waals surface area contributed by atoms with Gasteiger partial charge in [-0.3, -0.25) is 14.3 Å². The van der Waals surface area contributed by atoms with Crippen molar-refractivity contribution in [2.75, 3.05) is 24.1 Å². The molecule has 208 valence electrons. The summed E-state index contributed by atoms with van der Waals surface area (Å²) in [4.78, 5) is 26.9. The summed E-state index contributed by atoms with van der Waals surface area (Å²) in [5.74, 6) is -0.615. The van der Waals surface area contributed by atoms with E-state index < -0.39 is 27.9 Å². The number of carbonyl (C=O) groups is 2. The summed E-state index contributed by atoms with van der Waals surface area (Å²) in [7, 11) is -1.16. The van der Waals surface area contributed by atoms with E-state index in [0.29, 0.717) is 23.3 Å². The Kier molecular flexibility index (Phi) is 8.91. The summed E-state index contributed by atoms with van der Waals surface area (Å²) in [6.07, 6.45) is -0.490. The van der Waals surface area contributed by atoms with Crippen molar-refractivity contribution in [2.45, 2.75) is 52.0 Å². The fourth-order valence-corrected chi connectivity index (χ4v) is 5.61. The maximum Gasteiger partial charge on any atom is 0.265 e. The number of aryl methyl sites for hydroxylation is 4. The lowest BCUT2D eigenvalue weighted by molar-refractivity contribution is -0.122. The minimum absolute atomic E-state index is 0.0367. The number of carbonyl (C=O) groups excluding carboxylic acids is 2. The third-order valence-electron chi connectivity index (χ3n) is 6.19. The molecule has 9 nitrogen and oxygen atoms in total. The molecule has 0 fully saturated rings. The molecule has 0 saturated carbocycles. The average Bonchev–Trinajstić information content (AvgIpc) is 2.84. The first-order chi connectivity index (χ1) is 18.2.